The molecule has 1 fully saturated rings. The van der Waals surface area contributed by atoms with Crippen molar-refractivity contribution in [2.45, 2.75) is 6.04 Å². The summed E-state index contributed by atoms with van der Waals surface area (Å²) in [6.07, 6.45) is 1.05. The monoisotopic (exact) mass is 164 g/mol. The van der Waals surface area contributed by atoms with Crippen molar-refractivity contribution in [3.63, 3.8) is 0 Å². The number of carbonyl (C=O) groups excluding carboxylic acids is 1. The largest absolute Gasteiger partial charge is 0.368 e. The Bertz CT molecular complexity index is 258. The molecule has 0 aromatic heterocycles. The van der Waals surface area contributed by atoms with Gasteiger partial charge in [0.2, 0.25) is 15.9 Å². The third-order valence-electron chi connectivity index (χ3n) is 1.32. The van der Waals surface area contributed by atoms with Gasteiger partial charge in [0, 0.05) is 6.54 Å². The minimum Gasteiger partial charge on any atom is -0.368 e. The van der Waals surface area contributed by atoms with Gasteiger partial charge in [-0.3, -0.25) is 4.79 Å². The number of sulfonamides is 1. The number of amides is 1. The first-order valence-corrected chi connectivity index (χ1v) is 4.54. The molecule has 0 saturated carbocycles. The third-order valence-corrected chi connectivity index (χ3v) is 2.58. The molecule has 2 unspecified atom stereocenters. The number of nitrogens with two attached hydrogens (primary N) is 1. The molecule has 1 amide bonds. The fourth-order valence-electron chi connectivity index (χ4n) is 0.722. The van der Waals surface area contributed by atoms with Gasteiger partial charge >= 0.3 is 0 Å². The maximum Gasteiger partial charge on any atom is 0.237 e. The Morgan fingerprint density at radius 1 is 1.70 bits per heavy atom. The standard InChI is InChI=1S/C4H8N2O3S/c1-10(8,9)6-2-3(6)4(5)7/h3H,2H2,1H3,(H2,5,7). The molecule has 0 spiro atoms. The molecule has 1 heterocycles. The summed E-state index contributed by atoms with van der Waals surface area (Å²) in [4.78, 5) is 10.3. The van der Waals surface area contributed by atoms with Crippen LogP contribution in [-0.2, 0) is 14.8 Å². The van der Waals surface area contributed by atoms with E-state index in [0.717, 1.165) is 10.6 Å². The molecular weight excluding hydrogens is 156 g/mol. The Morgan fingerprint density at radius 2 is 2.20 bits per heavy atom. The molecule has 5 nitrogen and oxygen atoms in total. The van der Waals surface area contributed by atoms with Crippen LogP contribution in [0.15, 0.2) is 0 Å². The summed E-state index contributed by atoms with van der Waals surface area (Å²) < 4.78 is 22.3. The van der Waals surface area contributed by atoms with Gasteiger partial charge in [0.1, 0.15) is 6.04 Å². The first-order chi connectivity index (χ1) is 4.43. The Kier molecular flexibility index (Phi) is 1.44. The smallest absolute Gasteiger partial charge is 0.237 e. The van der Waals surface area contributed by atoms with Gasteiger partial charge in [-0.05, 0) is 0 Å². The molecule has 0 aliphatic carbocycles. The van der Waals surface area contributed by atoms with Crippen LogP contribution in [0, 0.1) is 0 Å². The summed E-state index contributed by atoms with van der Waals surface area (Å²) >= 11 is 0. The molecule has 10 heavy (non-hydrogen) atoms. The zero-order chi connectivity index (χ0) is 7.94. The Balaban J connectivity index is 2.64. The van der Waals surface area contributed by atoms with Crippen LogP contribution in [0.3, 0.4) is 0 Å². The predicted molar refractivity (Wildman–Crippen MR) is 34.5 cm³/mol. The number of hydrogen-bond acceptors (Lipinski definition) is 3. The predicted octanol–water partition coefficient (Wildman–Crippen LogP) is -1.88. The fourth-order valence-corrected chi connectivity index (χ4v) is 1.70. The van der Waals surface area contributed by atoms with Crippen molar-refractivity contribution in [3.05, 3.63) is 0 Å². The van der Waals surface area contributed by atoms with Gasteiger partial charge in [0.25, 0.3) is 0 Å². The van der Waals surface area contributed by atoms with Crippen molar-refractivity contribution in [1.29, 1.82) is 0 Å². The summed E-state index contributed by atoms with van der Waals surface area (Å²) in [6, 6.07) is -0.588. The summed E-state index contributed by atoms with van der Waals surface area (Å²) in [5.41, 5.74) is 4.84. The maximum atomic E-state index is 10.6. The first-order valence-electron chi connectivity index (χ1n) is 2.69. The van der Waals surface area contributed by atoms with Crippen LogP contribution in [0.4, 0.5) is 0 Å². The zero-order valence-electron chi connectivity index (χ0n) is 5.44. The summed E-state index contributed by atoms with van der Waals surface area (Å²) in [5, 5.41) is 0. The SMILES string of the molecule is CS(=O)(=O)N1CC1C(N)=O. The van der Waals surface area contributed by atoms with E-state index < -0.39 is 22.0 Å². The van der Waals surface area contributed by atoms with Gasteiger partial charge in [-0.1, -0.05) is 0 Å². The minimum absolute atomic E-state index is 0.244. The van der Waals surface area contributed by atoms with E-state index in [1.807, 2.05) is 0 Å². The molecule has 1 aliphatic heterocycles. The van der Waals surface area contributed by atoms with Crippen molar-refractivity contribution < 1.29 is 13.2 Å². The Labute approximate surface area is 58.9 Å². The van der Waals surface area contributed by atoms with Gasteiger partial charge in [-0.2, -0.15) is 4.31 Å². The van der Waals surface area contributed by atoms with Crippen LogP contribution >= 0.6 is 0 Å². The molecule has 6 heteroatoms. The van der Waals surface area contributed by atoms with Gasteiger partial charge in [0.05, 0.1) is 6.26 Å². The molecule has 1 rings (SSSR count). The lowest BCUT2D eigenvalue weighted by atomic mass is 10.5. The van der Waals surface area contributed by atoms with Crippen LogP contribution in [0.1, 0.15) is 0 Å². The van der Waals surface area contributed by atoms with Crippen LogP contribution in [0.25, 0.3) is 0 Å². The van der Waals surface area contributed by atoms with Crippen LogP contribution in [0.2, 0.25) is 0 Å². The number of carbonyl (C=O) groups is 1. The van der Waals surface area contributed by atoms with Gasteiger partial charge < -0.3 is 5.73 Å². The Morgan fingerprint density at radius 3 is 2.30 bits per heavy atom. The lowest BCUT2D eigenvalue weighted by Gasteiger charge is -1.94. The maximum absolute atomic E-state index is 10.6. The molecule has 1 saturated heterocycles. The lowest BCUT2D eigenvalue weighted by molar-refractivity contribution is -0.117. The second-order valence-electron chi connectivity index (χ2n) is 2.25. The molecule has 1 aliphatic rings. The van der Waals surface area contributed by atoms with Gasteiger partial charge in [-0.25, -0.2) is 8.42 Å². The van der Waals surface area contributed by atoms with E-state index in [-0.39, 0.29) is 6.54 Å². The van der Waals surface area contributed by atoms with E-state index >= 15 is 0 Å². The van der Waals surface area contributed by atoms with Crippen molar-refractivity contribution in [2.24, 2.45) is 5.73 Å². The average Bonchev–Trinajstić information content (AvgIpc) is 2.35. The lowest BCUT2D eigenvalue weighted by Crippen LogP contribution is -2.24. The van der Waals surface area contributed by atoms with E-state index in [1.54, 1.807) is 0 Å². The zero-order valence-corrected chi connectivity index (χ0v) is 6.26. The molecule has 58 valence electrons. The van der Waals surface area contributed by atoms with Crippen molar-refractivity contribution in [2.75, 3.05) is 12.8 Å². The van der Waals surface area contributed by atoms with Gasteiger partial charge in [0.15, 0.2) is 0 Å². The molecule has 0 aromatic rings. The van der Waals surface area contributed by atoms with Crippen molar-refractivity contribution in [1.82, 2.24) is 4.31 Å². The average molecular weight is 164 g/mol. The summed E-state index contributed by atoms with van der Waals surface area (Å²) in [7, 11) is -3.19. The van der Waals surface area contributed by atoms with E-state index in [0.29, 0.717) is 0 Å². The van der Waals surface area contributed by atoms with E-state index in [1.165, 1.54) is 0 Å². The highest BCUT2D eigenvalue weighted by Gasteiger charge is 2.45. The first kappa shape index (κ1) is 7.49. The number of rotatable bonds is 2. The molecule has 0 aromatic carbocycles. The van der Waals surface area contributed by atoms with Crippen LogP contribution in [0.5, 0.6) is 0 Å². The highest BCUT2D eigenvalue weighted by Crippen LogP contribution is 2.20. The third kappa shape index (κ3) is 1.27. The fraction of sp³-hybridized carbons (Fsp3) is 0.750. The Hall–Kier alpha value is -0.620. The molecule has 0 radical (unpaired) electrons. The molecular formula is C4H8N2O3S. The summed E-state index contributed by atoms with van der Waals surface area (Å²) in [5.74, 6) is -0.578. The second-order valence-corrected chi connectivity index (χ2v) is 4.19. The second kappa shape index (κ2) is 1.93. The number of hydrogen-bond donors (Lipinski definition) is 1. The number of primary amides is 1. The highest BCUT2D eigenvalue weighted by molar-refractivity contribution is 7.88. The summed E-state index contributed by atoms with van der Waals surface area (Å²) in [6.45, 7) is 0.244. The topological polar surface area (TPSA) is 80.2 Å². The normalized spacial score (nSPS) is 31.7. The van der Waals surface area contributed by atoms with E-state index in [9.17, 15) is 13.2 Å². The highest BCUT2D eigenvalue weighted by atomic mass is 32.2. The quantitative estimate of drug-likeness (QED) is 0.485. The van der Waals surface area contributed by atoms with Gasteiger partial charge in [-0.15, -0.1) is 0 Å². The number of nitrogens with zero attached hydrogens (tertiary/aromatic N) is 1. The van der Waals surface area contributed by atoms with Crippen molar-refractivity contribution in [3.8, 4) is 0 Å². The molecule has 2 N–H and O–H groups in total. The van der Waals surface area contributed by atoms with Crippen LogP contribution in [-0.4, -0.2) is 37.5 Å². The minimum atomic E-state index is -3.19. The molecule has 2 atom stereocenters. The van der Waals surface area contributed by atoms with E-state index in [2.05, 4.69) is 0 Å². The molecule has 0 bridgehead atoms. The van der Waals surface area contributed by atoms with Crippen molar-refractivity contribution >= 4 is 15.9 Å². The van der Waals surface area contributed by atoms with E-state index in [4.69, 9.17) is 5.73 Å². The van der Waals surface area contributed by atoms with Crippen LogP contribution < -0.4 is 5.73 Å².